The second kappa shape index (κ2) is 6.28. The number of fused-ring (bicyclic) bond motifs is 2. The highest BCUT2D eigenvalue weighted by atomic mass is 35.5. The van der Waals surface area contributed by atoms with Crippen LogP contribution in [0.15, 0.2) is 16.2 Å². The Kier molecular flexibility index (Phi) is 4.54. The molecule has 0 aromatic carbocycles. The zero-order valence-electron chi connectivity index (χ0n) is 12.6. The van der Waals surface area contributed by atoms with Crippen LogP contribution in [0.25, 0.3) is 4.96 Å². The van der Waals surface area contributed by atoms with Crippen molar-refractivity contribution in [3.8, 4) is 0 Å². The van der Waals surface area contributed by atoms with Crippen LogP contribution in [0.5, 0.6) is 0 Å². The highest BCUT2D eigenvalue weighted by Crippen LogP contribution is 2.25. The van der Waals surface area contributed by atoms with E-state index in [-0.39, 0.29) is 18.0 Å². The fraction of sp³-hybridized carbons (Fsp3) is 0.600. The van der Waals surface area contributed by atoms with E-state index in [4.69, 9.17) is 0 Å². The van der Waals surface area contributed by atoms with E-state index in [2.05, 4.69) is 15.2 Å². The minimum absolute atomic E-state index is 0. The molecule has 2 atom stereocenters. The van der Waals surface area contributed by atoms with E-state index in [1.807, 2.05) is 12.3 Å². The Balaban J connectivity index is 0.00000144. The maximum absolute atomic E-state index is 12.2. The van der Waals surface area contributed by atoms with Gasteiger partial charge in [-0.25, -0.2) is 4.98 Å². The Labute approximate surface area is 139 Å². The number of piperidine rings is 1. The van der Waals surface area contributed by atoms with Gasteiger partial charge in [0.05, 0.1) is 5.69 Å². The minimum Gasteiger partial charge on any atom is -0.314 e. The van der Waals surface area contributed by atoms with Crippen molar-refractivity contribution in [3.05, 3.63) is 33.2 Å². The number of hydrogen-bond acceptors (Lipinski definition) is 5. The standard InChI is InChI=1S/C15H20N4OS.ClH/c1-10-9-21-15-17-12(6-14(20)19(10)15)8-18-5-3-13-11(7-18)2-4-16-13;/h6,9,11,13,16H,2-5,7-8H2,1H3;1H. The summed E-state index contributed by atoms with van der Waals surface area (Å²) in [5.41, 5.74) is 1.93. The summed E-state index contributed by atoms with van der Waals surface area (Å²) in [6, 6.07) is 2.41. The number of aryl methyl sites for hydroxylation is 1. The van der Waals surface area contributed by atoms with Crippen LogP contribution in [0.4, 0.5) is 0 Å². The smallest absolute Gasteiger partial charge is 0.259 e. The summed E-state index contributed by atoms with van der Waals surface area (Å²) in [6.45, 7) is 6.13. The summed E-state index contributed by atoms with van der Waals surface area (Å²) in [5, 5.41) is 5.57. The number of thiazole rings is 1. The second-order valence-electron chi connectivity index (χ2n) is 6.21. The molecule has 0 saturated carbocycles. The molecule has 4 rings (SSSR count). The average Bonchev–Trinajstić information content (AvgIpc) is 3.05. The molecule has 2 aliphatic heterocycles. The molecule has 7 heteroatoms. The average molecular weight is 341 g/mol. The lowest BCUT2D eigenvalue weighted by Gasteiger charge is -2.34. The Morgan fingerprint density at radius 1 is 1.45 bits per heavy atom. The first-order valence-electron chi connectivity index (χ1n) is 7.63. The van der Waals surface area contributed by atoms with E-state index < -0.39 is 0 Å². The predicted octanol–water partition coefficient (Wildman–Crippen LogP) is 1.67. The van der Waals surface area contributed by atoms with Crippen molar-refractivity contribution in [2.75, 3.05) is 19.6 Å². The Morgan fingerprint density at radius 3 is 3.18 bits per heavy atom. The van der Waals surface area contributed by atoms with Gasteiger partial charge in [-0.2, -0.15) is 0 Å². The van der Waals surface area contributed by atoms with Crippen LogP contribution < -0.4 is 10.9 Å². The molecular formula is C15H21ClN4OS. The first-order valence-corrected chi connectivity index (χ1v) is 8.51. The van der Waals surface area contributed by atoms with Crippen molar-refractivity contribution in [1.29, 1.82) is 0 Å². The Morgan fingerprint density at radius 2 is 2.32 bits per heavy atom. The van der Waals surface area contributed by atoms with Crippen LogP contribution >= 0.6 is 23.7 Å². The lowest BCUT2D eigenvalue weighted by atomic mass is 9.93. The maximum atomic E-state index is 12.2. The SMILES string of the molecule is Cc1csc2nc(CN3CCC4NCCC4C3)cc(=O)n12.Cl. The topological polar surface area (TPSA) is 49.6 Å². The molecule has 0 spiro atoms. The van der Waals surface area contributed by atoms with Gasteiger partial charge in [-0.3, -0.25) is 14.1 Å². The number of halogens is 1. The quantitative estimate of drug-likeness (QED) is 0.903. The van der Waals surface area contributed by atoms with Gasteiger partial charge >= 0.3 is 0 Å². The molecule has 2 saturated heterocycles. The normalized spacial score (nSPS) is 25.1. The van der Waals surface area contributed by atoms with Crippen molar-refractivity contribution >= 4 is 28.7 Å². The van der Waals surface area contributed by atoms with Crippen LogP contribution in [0.1, 0.15) is 24.2 Å². The van der Waals surface area contributed by atoms with Gasteiger partial charge < -0.3 is 5.32 Å². The third-order valence-electron chi connectivity index (χ3n) is 4.75. The predicted molar refractivity (Wildman–Crippen MR) is 91.1 cm³/mol. The molecule has 22 heavy (non-hydrogen) atoms. The summed E-state index contributed by atoms with van der Waals surface area (Å²) < 4.78 is 1.70. The number of likely N-dealkylation sites (tertiary alicyclic amines) is 1. The molecule has 2 aromatic heterocycles. The van der Waals surface area contributed by atoms with Crippen molar-refractivity contribution < 1.29 is 0 Å². The van der Waals surface area contributed by atoms with Crippen LogP contribution in [0, 0.1) is 12.8 Å². The molecule has 2 aliphatic rings. The van der Waals surface area contributed by atoms with Crippen LogP contribution in [0.3, 0.4) is 0 Å². The Bertz CT molecular complexity index is 728. The van der Waals surface area contributed by atoms with Gasteiger partial charge in [-0.1, -0.05) is 0 Å². The van der Waals surface area contributed by atoms with Crippen molar-refractivity contribution in [1.82, 2.24) is 19.6 Å². The maximum Gasteiger partial charge on any atom is 0.259 e. The number of rotatable bonds is 2. The van der Waals surface area contributed by atoms with E-state index in [1.54, 1.807) is 21.8 Å². The molecule has 0 radical (unpaired) electrons. The molecule has 0 bridgehead atoms. The van der Waals surface area contributed by atoms with Crippen LogP contribution in [-0.4, -0.2) is 40.0 Å². The first kappa shape index (κ1) is 15.9. The zero-order chi connectivity index (χ0) is 14.4. The summed E-state index contributed by atoms with van der Waals surface area (Å²) in [4.78, 5) is 20.1. The van der Waals surface area contributed by atoms with Gasteiger partial charge in [-0.15, -0.1) is 23.7 Å². The van der Waals surface area contributed by atoms with Gasteiger partial charge in [0.1, 0.15) is 0 Å². The monoisotopic (exact) mass is 340 g/mol. The van der Waals surface area contributed by atoms with Crippen molar-refractivity contribution in [2.24, 2.45) is 5.92 Å². The molecule has 4 heterocycles. The summed E-state index contributed by atoms with van der Waals surface area (Å²) >= 11 is 1.54. The van der Waals surface area contributed by atoms with Crippen molar-refractivity contribution in [3.63, 3.8) is 0 Å². The highest BCUT2D eigenvalue weighted by Gasteiger charge is 2.32. The third kappa shape index (κ3) is 2.80. The molecule has 2 unspecified atom stereocenters. The molecule has 2 fully saturated rings. The summed E-state index contributed by atoms with van der Waals surface area (Å²) in [7, 11) is 0. The van der Waals surface area contributed by atoms with Gasteiger partial charge in [0.2, 0.25) is 0 Å². The molecular weight excluding hydrogens is 320 g/mol. The molecule has 0 amide bonds. The van der Waals surface area contributed by atoms with E-state index in [0.717, 1.165) is 48.4 Å². The fourth-order valence-corrected chi connectivity index (χ4v) is 4.57. The summed E-state index contributed by atoms with van der Waals surface area (Å²) in [5.74, 6) is 0.771. The van der Waals surface area contributed by atoms with E-state index in [9.17, 15) is 4.79 Å². The number of hydrogen-bond donors (Lipinski definition) is 1. The fourth-order valence-electron chi connectivity index (χ4n) is 3.68. The molecule has 120 valence electrons. The number of nitrogens with zero attached hydrogens (tertiary/aromatic N) is 3. The van der Waals surface area contributed by atoms with Gasteiger partial charge in [0.25, 0.3) is 5.56 Å². The van der Waals surface area contributed by atoms with Gasteiger partial charge in [-0.05, 0) is 32.2 Å². The van der Waals surface area contributed by atoms with E-state index in [0.29, 0.717) is 6.04 Å². The third-order valence-corrected chi connectivity index (χ3v) is 5.70. The Hall–Kier alpha value is -0.950. The van der Waals surface area contributed by atoms with E-state index >= 15 is 0 Å². The highest BCUT2D eigenvalue weighted by molar-refractivity contribution is 7.15. The van der Waals surface area contributed by atoms with Crippen LogP contribution in [0.2, 0.25) is 0 Å². The van der Waals surface area contributed by atoms with Gasteiger partial charge in [0.15, 0.2) is 4.96 Å². The lowest BCUT2D eigenvalue weighted by Crippen LogP contribution is -2.44. The molecule has 1 N–H and O–H groups in total. The lowest BCUT2D eigenvalue weighted by molar-refractivity contribution is 0.154. The van der Waals surface area contributed by atoms with E-state index in [1.165, 1.54) is 12.8 Å². The number of aromatic nitrogens is 2. The van der Waals surface area contributed by atoms with Crippen molar-refractivity contribution in [2.45, 2.75) is 32.4 Å². The number of nitrogens with one attached hydrogen (secondary N) is 1. The summed E-state index contributed by atoms with van der Waals surface area (Å²) in [6.07, 6.45) is 2.49. The zero-order valence-corrected chi connectivity index (χ0v) is 14.3. The molecule has 5 nitrogen and oxygen atoms in total. The largest absolute Gasteiger partial charge is 0.314 e. The van der Waals surface area contributed by atoms with Crippen LogP contribution in [-0.2, 0) is 6.54 Å². The van der Waals surface area contributed by atoms with Gasteiger partial charge in [0, 0.05) is 42.8 Å². The molecule has 2 aromatic rings. The first-order chi connectivity index (χ1) is 10.2. The minimum atomic E-state index is 0. The second-order valence-corrected chi connectivity index (χ2v) is 7.05. The molecule has 0 aliphatic carbocycles.